The highest BCUT2D eigenvalue weighted by Gasteiger charge is 2.23. The Balaban J connectivity index is 1.65. The van der Waals surface area contributed by atoms with E-state index in [9.17, 15) is 18.0 Å². The van der Waals surface area contributed by atoms with E-state index in [2.05, 4.69) is 15.4 Å². The van der Waals surface area contributed by atoms with Crippen molar-refractivity contribution in [3.63, 3.8) is 0 Å². The summed E-state index contributed by atoms with van der Waals surface area (Å²) >= 11 is 0. The van der Waals surface area contributed by atoms with Gasteiger partial charge in [0.25, 0.3) is 11.8 Å². The minimum atomic E-state index is -3.42. The Kier molecular flexibility index (Phi) is 4.94. The SMILES string of the molecule is CS(=O)(=O)Nc1cccc(C(=O)Nc2ccc(C(=O)NC3CC3)cc2)c1. The number of nitrogens with one attached hydrogen (secondary N) is 3. The van der Waals surface area contributed by atoms with Gasteiger partial charge >= 0.3 is 0 Å². The maximum Gasteiger partial charge on any atom is 0.255 e. The lowest BCUT2D eigenvalue weighted by atomic mass is 10.1. The number of hydrogen-bond acceptors (Lipinski definition) is 4. The Labute approximate surface area is 151 Å². The number of carbonyl (C=O) groups excluding carboxylic acids is 2. The van der Waals surface area contributed by atoms with Crippen LogP contribution in [-0.4, -0.2) is 32.5 Å². The number of hydrogen-bond donors (Lipinski definition) is 3. The van der Waals surface area contributed by atoms with Gasteiger partial charge in [0.05, 0.1) is 6.26 Å². The highest BCUT2D eigenvalue weighted by molar-refractivity contribution is 7.92. The molecule has 2 aromatic rings. The molecule has 0 unspecified atom stereocenters. The maximum absolute atomic E-state index is 12.3. The van der Waals surface area contributed by atoms with E-state index in [0.29, 0.717) is 22.5 Å². The lowest BCUT2D eigenvalue weighted by Gasteiger charge is -2.09. The van der Waals surface area contributed by atoms with E-state index in [4.69, 9.17) is 0 Å². The van der Waals surface area contributed by atoms with Crippen molar-refractivity contribution >= 4 is 33.2 Å². The van der Waals surface area contributed by atoms with E-state index in [1.807, 2.05) is 0 Å². The van der Waals surface area contributed by atoms with Gasteiger partial charge in [-0.1, -0.05) is 6.07 Å². The first-order valence-corrected chi connectivity index (χ1v) is 9.99. The minimum Gasteiger partial charge on any atom is -0.349 e. The molecule has 0 saturated heterocycles. The Bertz CT molecular complexity index is 935. The fraction of sp³-hybridized carbons (Fsp3) is 0.222. The van der Waals surface area contributed by atoms with Gasteiger partial charge in [0, 0.05) is 28.5 Å². The van der Waals surface area contributed by atoms with Gasteiger partial charge in [0.1, 0.15) is 0 Å². The molecular formula is C18H19N3O4S. The zero-order valence-electron chi connectivity index (χ0n) is 14.2. The number of rotatable bonds is 6. The van der Waals surface area contributed by atoms with Crippen molar-refractivity contribution in [2.45, 2.75) is 18.9 Å². The summed E-state index contributed by atoms with van der Waals surface area (Å²) in [6.45, 7) is 0. The molecule has 26 heavy (non-hydrogen) atoms. The third-order valence-electron chi connectivity index (χ3n) is 3.75. The average molecular weight is 373 g/mol. The molecule has 3 rings (SSSR count). The highest BCUT2D eigenvalue weighted by atomic mass is 32.2. The normalized spacial score (nSPS) is 13.7. The standard InChI is InChI=1S/C18H19N3O4S/c1-26(24,25)21-16-4-2-3-13(11-16)18(23)20-14-7-5-12(6-8-14)17(22)19-15-9-10-15/h2-8,11,15,21H,9-10H2,1H3,(H,19,22)(H,20,23). The molecule has 8 heteroatoms. The number of sulfonamides is 1. The van der Waals surface area contributed by atoms with Crippen LogP contribution in [0.5, 0.6) is 0 Å². The van der Waals surface area contributed by atoms with E-state index in [0.717, 1.165) is 19.1 Å². The van der Waals surface area contributed by atoms with Gasteiger partial charge in [-0.3, -0.25) is 14.3 Å². The van der Waals surface area contributed by atoms with Gasteiger partial charge < -0.3 is 10.6 Å². The summed E-state index contributed by atoms with van der Waals surface area (Å²) in [5.74, 6) is -0.498. The quantitative estimate of drug-likeness (QED) is 0.722. The Morgan fingerprint density at radius 2 is 1.62 bits per heavy atom. The van der Waals surface area contributed by atoms with Crippen LogP contribution >= 0.6 is 0 Å². The molecule has 2 amide bonds. The average Bonchev–Trinajstić information content (AvgIpc) is 3.38. The first-order chi connectivity index (χ1) is 12.3. The second kappa shape index (κ2) is 7.17. The molecule has 2 aromatic carbocycles. The smallest absolute Gasteiger partial charge is 0.255 e. The van der Waals surface area contributed by atoms with E-state index in [-0.39, 0.29) is 17.9 Å². The van der Waals surface area contributed by atoms with E-state index in [1.54, 1.807) is 42.5 Å². The summed E-state index contributed by atoms with van der Waals surface area (Å²) in [5.41, 5.74) is 1.70. The van der Waals surface area contributed by atoms with Crippen LogP contribution in [-0.2, 0) is 10.0 Å². The van der Waals surface area contributed by atoms with Crippen LogP contribution in [0.25, 0.3) is 0 Å². The van der Waals surface area contributed by atoms with Crippen molar-refractivity contribution in [1.29, 1.82) is 0 Å². The number of amides is 2. The lowest BCUT2D eigenvalue weighted by molar-refractivity contribution is 0.0950. The summed E-state index contributed by atoms with van der Waals surface area (Å²) in [6, 6.07) is 13.1. The van der Waals surface area contributed by atoms with Crippen molar-refractivity contribution in [2.24, 2.45) is 0 Å². The Hall–Kier alpha value is -2.87. The van der Waals surface area contributed by atoms with Gasteiger partial charge in [-0.15, -0.1) is 0 Å². The van der Waals surface area contributed by atoms with Gasteiger partial charge in [-0.2, -0.15) is 0 Å². The van der Waals surface area contributed by atoms with Crippen molar-refractivity contribution in [3.8, 4) is 0 Å². The van der Waals surface area contributed by atoms with Gasteiger partial charge in [-0.05, 0) is 55.3 Å². The van der Waals surface area contributed by atoms with Crippen molar-refractivity contribution < 1.29 is 18.0 Å². The molecule has 136 valence electrons. The lowest BCUT2D eigenvalue weighted by Crippen LogP contribution is -2.25. The predicted molar refractivity (Wildman–Crippen MR) is 99.8 cm³/mol. The monoisotopic (exact) mass is 373 g/mol. The second-order valence-corrected chi connectivity index (χ2v) is 7.98. The van der Waals surface area contributed by atoms with Crippen LogP contribution in [0.4, 0.5) is 11.4 Å². The van der Waals surface area contributed by atoms with Crippen LogP contribution in [0.15, 0.2) is 48.5 Å². The summed E-state index contributed by atoms with van der Waals surface area (Å²) < 4.78 is 24.9. The highest BCUT2D eigenvalue weighted by Crippen LogP contribution is 2.20. The first-order valence-electron chi connectivity index (χ1n) is 8.10. The molecule has 0 atom stereocenters. The molecule has 0 aromatic heterocycles. The van der Waals surface area contributed by atoms with Crippen LogP contribution in [0.2, 0.25) is 0 Å². The van der Waals surface area contributed by atoms with Crippen molar-refractivity contribution in [3.05, 3.63) is 59.7 Å². The molecule has 3 N–H and O–H groups in total. The topological polar surface area (TPSA) is 104 Å². The van der Waals surface area contributed by atoms with Crippen molar-refractivity contribution in [1.82, 2.24) is 5.32 Å². The van der Waals surface area contributed by atoms with E-state index < -0.39 is 10.0 Å². The third kappa shape index (κ3) is 5.06. The van der Waals surface area contributed by atoms with Gasteiger partial charge in [-0.25, -0.2) is 8.42 Å². The molecule has 7 nitrogen and oxygen atoms in total. The first kappa shape index (κ1) is 17.9. The van der Waals surface area contributed by atoms with Crippen LogP contribution in [0.3, 0.4) is 0 Å². The number of carbonyl (C=O) groups is 2. The fourth-order valence-corrected chi connectivity index (χ4v) is 2.90. The summed E-state index contributed by atoms with van der Waals surface area (Å²) in [5, 5.41) is 5.62. The molecule has 1 fully saturated rings. The molecule has 0 heterocycles. The van der Waals surface area contributed by atoms with Crippen LogP contribution < -0.4 is 15.4 Å². The van der Waals surface area contributed by atoms with E-state index in [1.165, 1.54) is 6.07 Å². The molecular weight excluding hydrogens is 354 g/mol. The molecule has 0 spiro atoms. The maximum atomic E-state index is 12.3. The Morgan fingerprint density at radius 1 is 0.923 bits per heavy atom. The number of anilines is 2. The van der Waals surface area contributed by atoms with E-state index >= 15 is 0 Å². The Morgan fingerprint density at radius 3 is 2.23 bits per heavy atom. The third-order valence-corrected chi connectivity index (χ3v) is 4.35. The van der Waals surface area contributed by atoms with Gasteiger partial charge in [0.15, 0.2) is 0 Å². The largest absolute Gasteiger partial charge is 0.349 e. The summed E-state index contributed by atoms with van der Waals surface area (Å²) in [4.78, 5) is 24.3. The zero-order valence-corrected chi connectivity index (χ0v) is 15.0. The molecule has 0 bridgehead atoms. The molecule has 1 aliphatic rings. The predicted octanol–water partition coefficient (Wildman–Crippen LogP) is 2.20. The molecule has 1 aliphatic carbocycles. The minimum absolute atomic E-state index is 0.120. The van der Waals surface area contributed by atoms with Gasteiger partial charge in [0.2, 0.25) is 10.0 Å². The fourth-order valence-electron chi connectivity index (χ4n) is 2.34. The molecule has 0 radical (unpaired) electrons. The number of benzene rings is 2. The van der Waals surface area contributed by atoms with Crippen LogP contribution in [0, 0.1) is 0 Å². The molecule has 0 aliphatic heterocycles. The second-order valence-electron chi connectivity index (χ2n) is 6.23. The zero-order chi connectivity index (χ0) is 18.7. The summed E-state index contributed by atoms with van der Waals surface area (Å²) in [6.07, 6.45) is 3.08. The van der Waals surface area contributed by atoms with Crippen LogP contribution in [0.1, 0.15) is 33.6 Å². The van der Waals surface area contributed by atoms with Crippen molar-refractivity contribution in [2.75, 3.05) is 16.3 Å². The molecule has 1 saturated carbocycles. The summed E-state index contributed by atoms with van der Waals surface area (Å²) in [7, 11) is -3.42.